The number of fused-ring (bicyclic) bond motifs is 1. The van der Waals surface area contributed by atoms with E-state index in [-0.39, 0.29) is 0 Å². The molecule has 0 radical (unpaired) electrons. The second-order valence-electron chi connectivity index (χ2n) is 4.20. The van der Waals surface area contributed by atoms with E-state index in [9.17, 15) is 0 Å². The fraction of sp³-hybridized carbons (Fsp3) is 0.455. The number of hydrogen-bond acceptors (Lipinski definition) is 4. The maximum Gasteiger partial charge on any atom is 0.180 e. The van der Waals surface area contributed by atoms with Crippen molar-refractivity contribution in [3.8, 4) is 0 Å². The van der Waals surface area contributed by atoms with E-state index in [2.05, 4.69) is 15.0 Å². The van der Waals surface area contributed by atoms with Gasteiger partial charge in [0, 0.05) is 19.3 Å². The van der Waals surface area contributed by atoms with E-state index in [1.807, 2.05) is 12.3 Å². The molecule has 3 heterocycles. The van der Waals surface area contributed by atoms with Gasteiger partial charge in [-0.3, -0.25) is 0 Å². The summed E-state index contributed by atoms with van der Waals surface area (Å²) in [4.78, 5) is 6.88. The molecule has 0 bridgehead atoms. The van der Waals surface area contributed by atoms with Crippen molar-refractivity contribution in [2.45, 2.75) is 19.3 Å². The van der Waals surface area contributed by atoms with Crippen LogP contribution >= 0.6 is 0 Å². The molecule has 0 aromatic carbocycles. The van der Waals surface area contributed by atoms with Gasteiger partial charge in [-0.15, -0.1) is 0 Å². The van der Waals surface area contributed by atoms with Crippen molar-refractivity contribution in [1.29, 1.82) is 0 Å². The second kappa shape index (κ2) is 3.66. The van der Waals surface area contributed by atoms with E-state index in [1.54, 1.807) is 10.7 Å². The van der Waals surface area contributed by atoms with E-state index in [0.717, 1.165) is 24.6 Å². The number of rotatable bonds is 1. The first-order valence-electron chi connectivity index (χ1n) is 5.69. The van der Waals surface area contributed by atoms with Gasteiger partial charge in [0.15, 0.2) is 5.65 Å². The molecule has 5 heteroatoms. The van der Waals surface area contributed by atoms with Crippen LogP contribution in [0.2, 0.25) is 0 Å². The molecule has 0 amide bonds. The minimum absolute atomic E-state index is 0.638. The first kappa shape index (κ1) is 9.45. The van der Waals surface area contributed by atoms with Crippen LogP contribution in [-0.2, 0) is 0 Å². The van der Waals surface area contributed by atoms with Crippen molar-refractivity contribution in [3.05, 3.63) is 18.5 Å². The molecule has 2 aromatic heterocycles. The number of aromatic nitrogens is 3. The molecular formula is C11H15N5. The summed E-state index contributed by atoms with van der Waals surface area (Å²) < 4.78 is 1.71. The highest BCUT2D eigenvalue weighted by Gasteiger charge is 2.13. The summed E-state index contributed by atoms with van der Waals surface area (Å²) in [7, 11) is 0. The van der Waals surface area contributed by atoms with Crippen LogP contribution in [0.3, 0.4) is 0 Å². The van der Waals surface area contributed by atoms with Gasteiger partial charge in [-0.25, -0.2) is 9.50 Å². The largest absolute Gasteiger partial charge is 0.394 e. The van der Waals surface area contributed by atoms with Gasteiger partial charge in [0.05, 0.1) is 11.9 Å². The summed E-state index contributed by atoms with van der Waals surface area (Å²) in [6, 6.07) is 2.00. The molecule has 16 heavy (non-hydrogen) atoms. The van der Waals surface area contributed by atoms with E-state index in [1.165, 1.54) is 19.3 Å². The Morgan fingerprint density at radius 2 is 2.00 bits per heavy atom. The molecule has 3 rings (SSSR count). The van der Waals surface area contributed by atoms with Crippen LogP contribution in [0.1, 0.15) is 19.3 Å². The summed E-state index contributed by atoms with van der Waals surface area (Å²) in [5.74, 6) is 1.01. The maximum absolute atomic E-state index is 5.81. The van der Waals surface area contributed by atoms with Gasteiger partial charge in [-0.2, -0.15) is 5.10 Å². The predicted molar refractivity (Wildman–Crippen MR) is 63.5 cm³/mol. The normalized spacial score (nSPS) is 16.9. The Hall–Kier alpha value is -1.78. The van der Waals surface area contributed by atoms with E-state index in [0.29, 0.717) is 5.69 Å². The summed E-state index contributed by atoms with van der Waals surface area (Å²) in [6.07, 6.45) is 7.39. The zero-order valence-electron chi connectivity index (χ0n) is 9.13. The standard InChI is InChI=1S/C11H15N5/c12-9-8-13-16-7-4-10(14-11(9)16)15-5-2-1-3-6-15/h4,7-8H,1-3,5-6,12H2. The third-order valence-corrected chi connectivity index (χ3v) is 3.06. The van der Waals surface area contributed by atoms with E-state index in [4.69, 9.17) is 5.73 Å². The van der Waals surface area contributed by atoms with Gasteiger partial charge in [0.2, 0.25) is 0 Å². The molecule has 0 atom stereocenters. The molecule has 1 aliphatic heterocycles. The molecule has 0 aliphatic carbocycles. The fourth-order valence-corrected chi connectivity index (χ4v) is 2.18. The quantitative estimate of drug-likeness (QED) is 0.782. The third-order valence-electron chi connectivity index (χ3n) is 3.06. The van der Waals surface area contributed by atoms with Gasteiger partial charge in [0.25, 0.3) is 0 Å². The third kappa shape index (κ3) is 1.48. The summed E-state index contributed by atoms with van der Waals surface area (Å²) in [5, 5.41) is 4.12. The van der Waals surface area contributed by atoms with Crippen LogP contribution in [0, 0.1) is 0 Å². The second-order valence-corrected chi connectivity index (χ2v) is 4.20. The Morgan fingerprint density at radius 3 is 2.81 bits per heavy atom. The van der Waals surface area contributed by atoms with Crippen molar-refractivity contribution >= 4 is 17.2 Å². The molecular weight excluding hydrogens is 202 g/mol. The number of nitrogens with zero attached hydrogens (tertiary/aromatic N) is 4. The summed E-state index contributed by atoms with van der Waals surface area (Å²) in [6.45, 7) is 2.19. The molecule has 0 unspecified atom stereocenters. The zero-order chi connectivity index (χ0) is 11.0. The number of hydrogen-bond donors (Lipinski definition) is 1. The lowest BCUT2D eigenvalue weighted by atomic mass is 10.1. The lowest BCUT2D eigenvalue weighted by Gasteiger charge is -2.27. The monoisotopic (exact) mass is 217 g/mol. The van der Waals surface area contributed by atoms with Crippen LogP contribution in [0.15, 0.2) is 18.5 Å². The van der Waals surface area contributed by atoms with Crippen molar-refractivity contribution in [1.82, 2.24) is 14.6 Å². The SMILES string of the molecule is Nc1cnn2ccc(N3CCCCC3)nc12. The molecule has 2 N–H and O–H groups in total. The maximum atomic E-state index is 5.81. The lowest BCUT2D eigenvalue weighted by Crippen LogP contribution is -2.30. The van der Waals surface area contributed by atoms with Gasteiger partial charge in [-0.1, -0.05) is 0 Å². The smallest absolute Gasteiger partial charge is 0.180 e. The predicted octanol–water partition coefficient (Wildman–Crippen LogP) is 1.30. The van der Waals surface area contributed by atoms with E-state index >= 15 is 0 Å². The average molecular weight is 217 g/mol. The summed E-state index contributed by atoms with van der Waals surface area (Å²) in [5.41, 5.74) is 7.20. The lowest BCUT2D eigenvalue weighted by molar-refractivity contribution is 0.573. The van der Waals surface area contributed by atoms with Gasteiger partial charge < -0.3 is 10.6 Å². The molecule has 1 saturated heterocycles. The van der Waals surface area contributed by atoms with Crippen molar-refractivity contribution in [3.63, 3.8) is 0 Å². The number of nitrogen functional groups attached to an aromatic ring is 1. The molecule has 0 spiro atoms. The van der Waals surface area contributed by atoms with Gasteiger partial charge >= 0.3 is 0 Å². The molecule has 1 fully saturated rings. The van der Waals surface area contributed by atoms with Crippen molar-refractivity contribution < 1.29 is 0 Å². The zero-order valence-corrected chi connectivity index (χ0v) is 9.13. The van der Waals surface area contributed by atoms with Gasteiger partial charge in [0.1, 0.15) is 5.82 Å². The Morgan fingerprint density at radius 1 is 1.19 bits per heavy atom. The highest BCUT2D eigenvalue weighted by Crippen LogP contribution is 2.19. The highest BCUT2D eigenvalue weighted by molar-refractivity contribution is 5.65. The first-order chi connectivity index (χ1) is 7.84. The molecule has 1 aliphatic rings. The number of piperidine rings is 1. The van der Waals surface area contributed by atoms with Crippen LogP contribution in [0.25, 0.3) is 5.65 Å². The van der Waals surface area contributed by atoms with Crippen LogP contribution in [0.5, 0.6) is 0 Å². The Labute approximate surface area is 93.9 Å². The highest BCUT2D eigenvalue weighted by atomic mass is 15.3. The van der Waals surface area contributed by atoms with Crippen LogP contribution < -0.4 is 10.6 Å². The molecule has 0 saturated carbocycles. The molecule has 5 nitrogen and oxygen atoms in total. The minimum Gasteiger partial charge on any atom is -0.394 e. The van der Waals surface area contributed by atoms with Crippen LogP contribution in [0.4, 0.5) is 11.5 Å². The Bertz CT molecular complexity index is 498. The van der Waals surface area contributed by atoms with Gasteiger partial charge in [-0.05, 0) is 25.3 Å². The first-order valence-corrected chi connectivity index (χ1v) is 5.69. The minimum atomic E-state index is 0.638. The van der Waals surface area contributed by atoms with Crippen LogP contribution in [-0.4, -0.2) is 27.7 Å². The topological polar surface area (TPSA) is 59.4 Å². The molecule has 2 aromatic rings. The fourth-order valence-electron chi connectivity index (χ4n) is 2.18. The molecule has 84 valence electrons. The average Bonchev–Trinajstić information content (AvgIpc) is 2.72. The van der Waals surface area contributed by atoms with Crippen molar-refractivity contribution in [2.75, 3.05) is 23.7 Å². The Balaban J connectivity index is 1.99. The Kier molecular flexibility index (Phi) is 2.16. The number of nitrogens with two attached hydrogens (primary N) is 1. The van der Waals surface area contributed by atoms with E-state index < -0.39 is 0 Å². The summed E-state index contributed by atoms with van der Waals surface area (Å²) >= 11 is 0. The number of anilines is 2. The van der Waals surface area contributed by atoms with Crippen molar-refractivity contribution in [2.24, 2.45) is 0 Å².